The van der Waals surface area contributed by atoms with Crippen molar-refractivity contribution in [1.82, 2.24) is 4.90 Å². The highest BCUT2D eigenvalue weighted by atomic mass is 35.5. The molecular formula is C15H23ClN2. The first-order valence-electron chi connectivity index (χ1n) is 6.85. The second-order valence-corrected chi connectivity index (χ2v) is 6.10. The van der Waals surface area contributed by atoms with E-state index in [1.807, 2.05) is 18.2 Å². The maximum Gasteiger partial charge on any atom is 0.0471 e. The average molecular weight is 267 g/mol. The molecule has 1 aromatic carbocycles. The van der Waals surface area contributed by atoms with Crippen molar-refractivity contribution in [3.63, 3.8) is 0 Å². The number of nitrogens with zero attached hydrogens (tertiary/aromatic N) is 1. The summed E-state index contributed by atoms with van der Waals surface area (Å²) in [6.07, 6.45) is 3.88. The molecule has 0 atom stereocenters. The molecule has 0 spiro atoms. The Bertz CT molecular complexity index is 379. The van der Waals surface area contributed by atoms with Gasteiger partial charge in [0.25, 0.3) is 0 Å². The fraction of sp³-hybridized carbons (Fsp3) is 0.600. The van der Waals surface area contributed by atoms with Gasteiger partial charge in [-0.15, -0.1) is 0 Å². The predicted molar refractivity (Wildman–Crippen MR) is 78.8 cm³/mol. The lowest BCUT2D eigenvalue weighted by Crippen LogP contribution is -2.28. The molecular weight excluding hydrogens is 244 g/mol. The van der Waals surface area contributed by atoms with Gasteiger partial charge in [-0.1, -0.05) is 31.5 Å². The van der Waals surface area contributed by atoms with Crippen LogP contribution in [-0.4, -0.2) is 17.5 Å². The van der Waals surface area contributed by atoms with Crippen LogP contribution in [0.25, 0.3) is 0 Å². The molecule has 3 heteroatoms. The highest BCUT2D eigenvalue weighted by Crippen LogP contribution is 2.31. The minimum atomic E-state index is 0.745. The molecule has 0 aliphatic heterocycles. The van der Waals surface area contributed by atoms with Crippen LogP contribution in [0.4, 0.5) is 5.69 Å². The van der Waals surface area contributed by atoms with E-state index in [1.165, 1.54) is 19.3 Å². The highest BCUT2D eigenvalue weighted by Gasteiger charge is 2.29. The smallest absolute Gasteiger partial charge is 0.0471 e. The molecule has 2 nitrogen and oxygen atoms in total. The lowest BCUT2D eigenvalue weighted by Gasteiger charge is -2.24. The molecule has 18 heavy (non-hydrogen) atoms. The minimum absolute atomic E-state index is 0.745. The SMILES string of the molecule is CC(C)CCN(Cc1c(N)cccc1Cl)C1CC1. The van der Waals surface area contributed by atoms with Crippen molar-refractivity contribution in [2.75, 3.05) is 12.3 Å². The summed E-state index contributed by atoms with van der Waals surface area (Å²) in [7, 11) is 0. The highest BCUT2D eigenvalue weighted by molar-refractivity contribution is 6.31. The summed E-state index contributed by atoms with van der Waals surface area (Å²) in [5.41, 5.74) is 7.94. The van der Waals surface area contributed by atoms with Gasteiger partial charge in [0, 0.05) is 28.9 Å². The van der Waals surface area contributed by atoms with Crippen LogP contribution in [0.1, 0.15) is 38.7 Å². The molecule has 1 fully saturated rings. The van der Waals surface area contributed by atoms with Gasteiger partial charge in [-0.3, -0.25) is 4.90 Å². The Kier molecular flexibility index (Phi) is 4.52. The number of halogens is 1. The third kappa shape index (κ3) is 3.63. The lowest BCUT2D eigenvalue weighted by atomic mass is 10.1. The Labute approximate surface area is 115 Å². The van der Waals surface area contributed by atoms with Gasteiger partial charge in [0.05, 0.1) is 0 Å². The lowest BCUT2D eigenvalue weighted by molar-refractivity contribution is 0.240. The third-order valence-electron chi connectivity index (χ3n) is 3.57. The van der Waals surface area contributed by atoms with E-state index >= 15 is 0 Å². The van der Waals surface area contributed by atoms with Crippen molar-refractivity contribution >= 4 is 17.3 Å². The van der Waals surface area contributed by atoms with Crippen LogP contribution < -0.4 is 5.73 Å². The number of hydrogen-bond acceptors (Lipinski definition) is 2. The van der Waals surface area contributed by atoms with Crippen LogP contribution in [0.5, 0.6) is 0 Å². The zero-order valence-electron chi connectivity index (χ0n) is 11.3. The Morgan fingerprint density at radius 2 is 2.11 bits per heavy atom. The van der Waals surface area contributed by atoms with Crippen LogP contribution in [0.3, 0.4) is 0 Å². The Morgan fingerprint density at radius 3 is 2.67 bits per heavy atom. The van der Waals surface area contributed by atoms with Gasteiger partial charge in [0.15, 0.2) is 0 Å². The zero-order chi connectivity index (χ0) is 13.1. The van der Waals surface area contributed by atoms with Crippen molar-refractivity contribution in [1.29, 1.82) is 0 Å². The molecule has 0 radical (unpaired) electrons. The summed E-state index contributed by atoms with van der Waals surface area (Å²) >= 11 is 6.25. The second-order valence-electron chi connectivity index (χ2n) is 5.69. The van der Waals surface area contributed by atoms with Gasteiger partial charge in [-0.25, -0.2) is 0 Å². The van der Waals surface area contributed by atoms with Crippen LogP contribution >= 0.6 is 11.6 Å². The van der Waals surface area contributed by atoms with E-state index < -0.39 is 0 Å². The molecule has 0 aromatic heterocycles. The summed E-state index contributed by atoms with van der Waals surface area (Å²) in [4.78, 5) is 2.54. The Morgan fingerprint density at radius 1 is 1.39 bits per heavy atom. The molecule has 1 saturated carbocycles. The van der Waals surface area contributed by atoms with E-state index in [0.717, 1.165) is 41.3 Å². The topological polar surface area (TPSA) is 29.3 Å². The normalized spacial score (nSPS) is 15.6. The molecule has 1 aromatic rings. The average Bonchev–Trinajstić information content (AvgIpc) is 3.11. The molecule has 0 unspecified atom stereocenters. The van der Waals surface area contributed by atoms with E-state index in [2.05, 4.69) is 18.7 Å². The number of nitrogens with two attached hydrogens (primary N) is 1. The van der Waals surface area contributed by atoms with Crippen LogP contribution in [-0.2, 0) is 6.54 Å². The largest absolute Gasteiger partial charge is 0.398 e. The van der Waals surface area contributed by atoms with Crippen molar-refractivity contribution in [2.24, 2.45) is 5.92 Å². The van der Waals surface area contributed by atoms with Gasteiger partial charge < -0.3 is 5.73 Å². The second kappa shape index (κ2) is 5.94. The number of anilines is 1. The van der Waals surface area contributed by atoms with Crippen LogP contribution in [0, 0.1) is 5.92 Å². The van der Waals surface area contributed by atoms with Gasteiger partial charge in [-0.05, 0) is 43.9 Å². The zero-order valence-corrected chi connectivity index (χ0v) is 12.1. The summed E-state index contributed by atoms with van der Waals surface area (Å²) in [5, 5.41) is 0.796. The Balaban J connectivity index is 2.04. The van der Waals surface area contributed by atoms with Gasteiger partial charge >= 0.3 is 0 Å². The fourth-order valence-corrected chi connectivity index (χ4v) is 2.44. The van der Waals surface area contributed by atoms with Gasteiger partial charge in [0.2, 0.25) is 0 Å². The van der Waals surface area contributed by atoms with Gasteiger partial charge in [0.1, 0.15) is 0 Å². The molecule has 0 amide bonds. The standard InChI is InChI=1S/C15H23ClN2/c1-11(2)8-9-18(12-6-7-12)10-13-14(16)4-3-5-15(13)17/h3-5,11-12H,6-10,17H2,1-2H3. The van der Waals surface area contributed by atoms with Gasteiger partial charge in [-0.2, -0.15) is 0 Å². The quantitative estimate of drug-likeness (QED) is 0.791. The molecule has 1 aliphatic rings. The van der Waals surface area contributed by atoms with Crippen molar-refractivity contribution < 1.29 is 0 Å². The maximum absolute atomic E-state index is 6.25. The molecule has 100 valence electrons. The summed E-state index contributed by atoms with van der Waals surface area (Å²) < 4.78 is 0. The summed E-state index contributed by atoms with van der Waals surface area (Å²) in [6.45, 7) is 6.58. The first-order chi connectivity index (χ1) is 8.58. The van der Waals surface area contributed by atoms with Crippen molar-refractivity contribution in [3.8, 4) is 0 Å². The summed E-state index contributed by atoms with van der Waals surface area (Å²) in [6, 6.07) is 6.53. The number of benzene rings is 1. The third-order valence-corrected chi connectivity index (χ3v) is 3.93. The first-order valence-corrected chi connectivity index (χ1v) is 7.22. The van der Waals surface area contributed by atoms with E-state index in [9.17, 15) is 0 Å². The van der Waals surface area contributed by atoms with Crippen molar-refractivity contribution in [3.05, 3.63) is 28.8 Å². The summed E-state index contributed by atoms with van der Waals surface area (Å²) in [5.74, 6) is 0.745. The molecule has 1 aliphatic carbocycles. The van der Waals surface area contributed by atoms with Crippen LogP contribution in [0.2, 0.25) is 5.02 Å². The Hall–Kier alpha value is -0.730. The first kappa shape index (κ1) is 13.7. The molecule has 2 rings (SSSR count). The van der Waals surface area contributed by atoms with E-state index in [-0.39, 0.29) is 0 Å². The molecule has 2 N–H and O–H groups in total. The molecule has 0 bridgehead atoms. The molecule has 0 heterocycles. The number of nitrogen functional groups attached to an aromatic ring is 1. The van der Waals surface area contributed by atoms with E-state index in [4.69, 9.17) is 17.3 Å². The number of rotatable bonds is 6. The van der Waals surface area contributed by atoms with E-state index in [0.29, 0.717) is 0 Å². The fourth-order valence-electron chi connectivity index (χ4n) is 2.20. The monoisotopic (exact) mass is 266 g/mol. The van der Waals surface area contributed by atoms with Crippen molar-refractivity contribution in [2.45, 2.75) is 45.7 Å². The minimum Gasteiger partial charge on any atom is -0.398 e. The number of hydrogen-bond donors (Lipinski definition) is 1. The maximum atomic E-state index is 6.25. The molecule has 0 saturated heterocycles. The predicted octanol–water partition coefficient (Wildman–Crippen LogP) is 3.93. The van der Waals surface area contributed by atoms with Crippen LogP contribution in [0.15, 0.2) is 18.2 Å². The van der Waals surface area contributed by atoms with E-state index in [1.54, 1.807) is 0 Å².